The van der Waals surface area contributed by atoms with Crippen molar-refractivity contribution in [3.63, 3.8) is 0 Å². The maximum absolute atomic E-state index is 11.8. The van der Waals surface area contributed by atoms with Crippen molar-refractivity contribution < 1.29 is 14.6 Å². The summed E-state index contributed by atoms with van der Waals surface area (Å²) in [6, 6.07) is 14.4. The number of H-pyrrole nitrogens is 1. The Labute approximate surface area is 133 Å². The van der Waals surface area contributed by atoms with Crippen molar-refractivity contribution >= 4 is 28.8 Å². The maximum Gasteiger partial charge on any atom is 0.354 e. The number of carbonyl (C=O) groups excluding carboxylic acids is 1. The first-order valence-electron chi connectivity index (χ1n) is 7.30. The van der Waals surface area contributed by atoms with Gasteiger partial charge in [-0.15, -0.1) is 0 Å². The molecule has 0 aliphatic heterocycles. The Bertz CT molecular complexity index is 867. The van der Waals surface area contributed by atoms with E-state index < -0.39 is 5.97 Å². The first-order valence-corrected chi connectivity index (χ1v) is 7.30. The van der Waals surface area contributed by atoms with Gasteiger partial charge in [0.25, 0.3) is 0 Å². The molecule has 5 nitrogen and oxygen atoms in total. The minimum Gasteiger partial charge on any atom is -0.507 e. The topological polar surface area (TPSA) is 74.7 Å². The summed E-state index contributed by atoms with van der Waals surface area (Å²) in [4.78, 5) is 19.2. The number of aromatic amines is 1. The van der Waals surface area contributed by atoms with Crippen molar-refractivity contribution in [2.24, 2.45) is 4.99 Å². The summed E-state index contributed by atoms with van der Waals surface area (Å²) in [6.07, 6.45) is 1.59. The fourth-order valence-electron chi connectivity index (χ4n) is 2.32. The van der Waals surface area contributed by atoms with Crippen LogP contribution < -0.4 is 0 Å². The molecule has 1 heterocycles. The molecule has 0 fully saturated rings. The van der Waals surface area contributed by atoms with Gasteiger partial charge in [-0.3, -0.25) is 4.99 Å². The Morgan fingerprint density at radius 3 is 2.78 bits per heavy atom. The van der Waals surface area contributed by atoms with E-state index in [9.17, 15) is 9.90 Å². The second-order valence-corrected chi connectivity index (χ2v) is 4.96. The number of phenolic OH excluding ortho intramolecular Hbond substituents is 1. The predicted octanol–water partition coefficient (Wildman–Crippen LogP) is 3.80. The highest BCUT2D eigenvalue weighted by Crippen LogP contribution is 2.27. The van der Waals surface area contributed by atoms with Gasteiger partial charge in [0.1, 0.15) is 11.4 Å². The number of aromatic nitrogens is 1. The van der Waals surface area contributed by atoms with Crippen LogP contribution in [0.1, 0.15) is 23.0 Å². The smallest absolute Gasteiger partial charge is 0.354 e. The average Bonchev–Trinajstić information content (AvgIpc) is 2.99. The molecule has 0 amide bonds. The Kier molecular flexibility index (Phi) is 4.10. The molecule has 0 bridgehead atoms. The van der Waals surface area contributed by atoms with Gasteiger partial charge in [-0.1, -0.05) is 18.2 Å². The van der Waals surface area contributed by atoms with Crippen LogP contribution in [0, 0.1) is 0 Å². The lowest BCUT2D eigenvalue weighted by Crippen LogP contribution is -2.04. The zero-order chi connectivity index (χ0) is 16.2. The third kappa shape index (κ3) is 3.08. The Morgan fingerprint density at radius 1 is 1.26 bits per heavy atom. The first-order chi connectivity index (χ1) is 11.2. The van der Waals surface area contributed by atoms with Gasteiger partial charge in [0, 0.05) is 22.7 Å². The minimum atomic E-state index is -0.422. The molecule has 0 unspecified atom stereocenters. The number of aromatic hydroxyl groups is 1. The fraction of sp³-hybridized carbons (Fsp3) is 0.111. The number of ether oxygens (including phenoxy) is 1. The minimum absolute atomic E-state index is 0.103. The highest BCUT2D eigenvalue weighted by molar-refractivity contribution is 6.05. The van der Waals surface area contributed by atoms with Crippen LogP contribution in [0.2, 0.25) is 0 Å². The lowest BCUT2D eigenvalue weighted by molar-refractivity contribution is 0.0520. The summed E-state index contributed by atoms with van der Waals surface area (Å²) < 4.78 is 4.99. The van der Waals surface area contributed by atoms with Crippen molar-refractivity contribution in [2.45, 2.75) is 6.92 Å². The summed E-state index contributed by atoms with van der Waals surface area (Å²) in [7, 11) is 0. The van der Waals surface area contributed by atoms with E-state index in [-0.39, 0.29) is 5.75 Å². The van der Waals surface area contributed by atoms with Crippen molar-refractivity contribution in [1.82, 2.24) is 4.98 Å². The molecule has 0 spiro atoms. The van der Waals surface area contributed by atoms with Crippen LogP contribution in [0.5, 0.6) is 5.75 Å². The van der Waals surface area contributed by atoms with Crippen molar-refractivity contribution in [2.75, 3.05) is 6.61 Å². The standard InChI is InChI=1S/C18H16N2O3/c1-2-23-18(22)16-10-13-14(17(21)9-8-15(13)20-16)11-19-12-6-4-3-5-7-12/h3-11,20-21H,2H2,1H3/b19-11+. The van der Waals surface area contributed by atoms with Crippen molar-refractivity contribution in [3.8, 4) is 5.75 Å². The number of nitrogens with one attached hydrogen (secondary N) is 1. The summed E-state index contributed by atoms with van der Waals surface area (Å²) in [5, 5.41) is 10.8. The second kappa shape index (κ2) is 6.36. The van der Waals surface area contributed by atoms with Gasteiger partial charge in [0.05, 0.1) is 12.3 Å². The van der Waals surface area contributed by atoms with E-state index in [1.807, 2.05) is 30.3 Å². The molecule has 0 radical (unpaired) electrons. The number of fused-ring (bicyclic) bond motifs is 1. The van der Waals surface area contributed by atoms with E-state index in [1.165, 1.54) is 0 Å². The van der Waals surface area contributed by atoms with Gasteiger partial charge in [-0.05, 0) is 37.3 Å². The molecule has 23 heavy (non-hydrogen) atoms. The van der Waals surface area contributed by atoms with Gasteiger partial charge in [0.2, 0.25) is 0 Å². The van der Waals surface area contributed by atoms with Gasteiger partial charge in [-0.25, -0.2) is 4.79 Å². The number of para-hydroxylation sites is 1. The number of rotatable bonds is 4. The van der Waals surface area contributed by atoms with E-state index >= 15 is 0 Å². The molecule has 2 aromatic carbocycles. The zero-order valence-corrected chi connectivity index (χ0v) is 12.6. The third-order valence-corrected chi connectivity index (χ3v) is 3.42. The monoisotopic (exact) mass is 308 g/mol. The summed E-state index contributed by atoms with van der Waals surface area (Å²) in [5.74, 6) is -0.319. The summed E-state index contributed by atoms with van der Waals surface area (Å²) in [6.45, 7) is 2.06. The molecule has 1 aromatic heterocycles. The average molecular weight is 308 g/mol. The maximum atomic E-state index is 11.8. The van der Waals surface area contributed by atoms with Crippen LogP contribution in [0.25, 0.3) is 10.9 Å². The quantitative estimate of drug-likeness (QED) is 0.568. The molecule has 2 N–H and O–H groups in total. The number of benzene rings is 2. The number of aliphatic imine (C=N–C) groups is 1. The number of nitrogens with zero attached hydrogens (tertiary/aromatic N) is 1. The number of hydrogen-bond donors (Lipinski definition) is 2. The van der Waals surface area contributed by atoms with E-state index in [2.05, 4.69) is 9.98 Å². The van der Waals surface area contributed by atoms with Crippen LogP contribution in [0.15, 0.2) is 53.5 Å². The highest BCUT2D eigenvalue weighted by atomic mass is 16.5. The summed E-state index contributed by atoms with van der Waals surface area (Å²) in [5.41, 5.74) is 2.42. The third-order valence-electron chi connectivity index (χ3n) is 3.42. The SMILES string of the molecule is CCOC(=O)c1cc2c(/C=N/c3ccccc3)c(O)ccc2[nH]1. The van der Waals surface area contributed by atoms with Gasteiger partial charge < -0.3 is 14.8 Å². The van der Waals surface area contributed by atoms with Crippen LogP contribution >= 0.6 is 0 Å². The molecule has 0 saturated heterocycles. The van der Waals surface area contributed by atoms with Crippen LogP contribution in [-0.4, -0.2) is 28.9 Å². The molecular weight excluding hydrogens is 292 g/mol. The van der Waals surface area contributed by atoms with Crippen molar-refractivity contribution in [3.05, 3.63) is 59.8 Å². The molecule has 0 aliphatic rings. The molecule has 0 atom stereocenters. The van der Waals surface area contributed by atoms with Crippen LogP contribution in [-0.2, 0) is 4.74 Å². The van der Waals surface area contributed by atoms with Gasteiger partial charge in [-0.2, -0.15) is 0 Å². The molecule has 3 rings (SSSR count). The van der Waals surface area contributed by atoms with Gasteiger partial charge >= 0.3 is 5.97 Å². The molecule has 116 valence electrons. The Balaban J connectivity index is 2.03. The fourth-order valence-corrected chi connectivity index (χ4v) is 2.32. The zero-order valence-electron chi connectivity index (χ0n) is 12.6. The number of hydrogen-bond acceptors (Lipinski definition) is 4. The lowest BCUT2D eigenvalue weighted by atomic mass is 10.1. The molecule has 3 aromatic rings. The molecule has 0 saturated carbocycles. The number of esters is 1. The van der Waals surface area contributed by atoms with E-state index in [1.54, 1.807) is 31.3 Å². The molecular formula is C18H16N2O3. The normalized spacial score (nSPS) is 11.2. The number of carbonyl (C=O) groups is 1. The van der Waals surface area contributed by atoms with E-state index in [4.69, 9.17) is 4.74 Å². The van der Waals surface area contributed by atoms with Crippen LogP contribution in [0.3, 0.4) is 0 Å². The largest absolute Gasteiger partial charge is 0.507 e. The predicted molar refractivity (Wildman–Crippen MR) is 89.6 cm³/mol. The first kappa shape index (κ1) is 14.8. The second-order valence-electron chi connectivity index (χ2n) is 4.96. The Morgan fingerprint density at radius 2 is 2.04 bits per heavy atom. The number of phenols is 1. The lowest BCUT2D eigenvalue weighted by Gasteiger charge is -2.00. The molecule has 0 aliphatic carbocycles. The molecule has 5 heteroatoms. The van der Waals surface area contributed by atoms with Crippen LogP contribution in [0.4, 0.5) is 5.69 Å². The van der Waals surface area contributed by atoms with E-state index in [0.717, 1.165) is 11.2 Å². The van der Waals surface area contributed by atoms with E-state index in [0.29, 0.717) is 23.3 Å². The van der Waals surface area contributed by atoms with Gasteiger partial charge in [0.15, 0.2) is 0 Å². The van der Waals surface area contributed by atoms with Crippen molar-refractivity contribution in [1.29, 1.82) is 0 Å². The highest BCUT2D eigenvalue weighted by Gasteiger charge is 2.13. The summed E-state index contributed by atoms with van der Waals surface area (Å²) >= 11 is 0. The Hall–Kier alpha value is -3.08.